The smallest absolute Gasteiger partial charge is 0.275 e. The third-order valence-electron chi connectivity index (χ3n) is 4.26. The van der Waals surface area contributed by atoms with Crippen LogP contribution in [-0.4, -0.2) is 39.3 Å². The first kappa shape index (κ1) is 21.3. The number of carbonyl (C=O) groups excluding carboxylic acids is 1. The number of methoxy groups -OCH3 is 4. The van der Waals surface area contributed by atoms with Gasteiger partial charge in [0.05, 0.1) is 34.1 Å². The summed E-state index contributed by atoms with van der Waals surface area (Å²) in [6, 6.07) is 9.10. The van der Waals surface area contributed by atoms with E-state index in [0.717, 1.165) is 11.3 Å². The SMILES string of the molecule is COc1ccc(C)cc1Nc1nc(C(=O)Nc2cc(OC)c(OC)c(OC)c2)cs1. The second-order valence-electron chi connectivity index (χ2n) is 6.23. The van der Waals surface area contributed by atoms with Crippen LogP contribution in [0.1, 0.15) is 16.1 Å². The van der Waals surface area contributed by atoms with Gasteiger partial charge in [-0.05, 0) is 24.6 Å². The topological polar surface area (TPSA) is 90.9 Å². The van der Waals surface area contributed by atoms with Crippen molar-refractivity contribution in [1.29, 1.82) is 0 Å². The van der Waals surface area contributed by atoms with Crippen LogP contribution in [0.4, 0.5) is 16.5 Å². The van der Waals surface area contributed by atoms with Gasteiger partial charge in [-0.15, -0.1) is 11.3 Å². The predicted octanol–water partition coefficient (Wildman–Crippen LogP) is 4.48. The van der Waals surface area contributed by atoms with E-state index in [0.29, 0.717) is 33.8 Å². The molecule has 2 aromatic carbocycles. The highest BCUT2D eigenvalue weighted by Gasteiger charge is 2.17. The number of ether oxygens (including phenoxy) is 4. The zero-order valence-corrected chi connectivity index (χ0v) is 18.2. The summed E-state index contributed by atoms with van der Waals surface area (Å²) in [5.74, 6) is 1.67. The van der Waals surface area contributed by atoms with E-state index in [9.17, 15) is 4.79 Å². The summed E-state index contributed by atoms with van der Waals surface area (Å²) in [4.78, 5) is 17.1. The minimum absolute atomic E-state index is 0.280. The van der Waals surface area contributed by atoms with E-state index in [1.54, 1.807) is 24.6 Å². The molecule has 0 aliphatic rings. The molecule has 2 N–H and O–H groups in total. The van der Waals surface area contributed by atoms with E-state index in [4.69, 9.17) is 18.9 Å². The van der Waals surface area contributed by atoms with Gasteiger partial charge in [-0.1, -0.05) is 6.07 Å². The van der Waals surface area contributed by atoms with Crippen LogP contribution in [0.2, 0.25) is 0 Å². The Bertz CT molecular complexity index is 1030. The molecule has 0 bridgehead atoms. The molecule has 0 unspecified atom stereocenters. The van der Waals surface area contributed by atoms with Crippen molar-refractivity contribution in [3.63, 3.8) is 0 Å². The van der Waals surface area contributed by atoms with Crippen molar-refractivity contribution in [2.24, 2.45) is 0 Å². The number of amides is 1. The highest BCUT2D eigenvalue weighted by atomic mass is 32.1. The summed E-state index contributed by atoms with van der Waals surface area (Å²) in [6.07, 6.45) is 0. The lowest BCUT2D eigenvalue weighted by molar-refractivity contribution is 0.102. The summed E-state index contributed by atoms with van der Waals surface area (Å²) in [7, 11) is 6.15. The maximum atomic E-state index is 12.7. The Morgan fingerprint density at radius 3 is 2.20 bits per heavy atom. The van der Waals surface area contributed by atoms with Gasteiger partial charge >= 0.3 is 0 Å². The van der Waals surface area contributed by atoms with Gasteiger partial charge < -0.3 is 29.6 Å². The third-order valence-corrected chi connectivity index (χ3v) is 5.01. The van der Waals surface area contributed by atoms with Crippen LogP contribution in [0.15, 0.2) is 35.7 Å². The molecule has 158 valence electrons. The van der Waals surface area contributed by atoms with Crippen LogP contribution in [0.25, 0.3) is 0 Å². The number of rotatable bonds is 8. The molecule has 1 heterocycles. The number of benzene rings is 2. The number of thiazole rings is 1. The van der Waals surface area contributed by atoms with Crippen molar-refractivity contribution in [2.75, 3.05) is 39.1 Å². The van der Waals surface area contributed by atoms with Crippen LogP contribution in [0.5, 0.6) is 23.0 Å². The zero-order chi connectivity index (χ0) is 21.7. The standard InChI is InChI=1S/C21H23N3O5S/c1-12-6-7-16(26-2)14(8-12)23-21-24-15(11-30-21)20(25)22-13-9-17(27-3)19(29-5)18(10-13)28-4/h6-11H,1-5H3,(H,22,25)(H,23,24). The molecular formula is C21H23N3O5S. The van der Waals surface area contributed by atoms with Gasteiger partial charge in [0, 0.05) is 23.2 Å². The van der Waals surface area contributed by atoms with E-state index in [1.807, 2.05) is 25.1 Å². The Kier molecular flexibility index (Phi) is 6.63. The lowest BCUT2D eigenvalue weighted by Gasteiger charge is -2.14. The molecule has 0 aliphatic heterocycles. The molecule has 0 saturated heterocycles. The quantitative estimate of drug-likeness (QED) is 0.545. The van der Waals surface area contributed by atoms with E-state index in [1.165, 1.54) is 32.7 Å². The van der Waals surface area contributed by atoms with Gasteiger partial charge in [0.1, 0.15) is 11.4 Å². The molecule has 0 radical (unpaired) electrons. The summed E-state index contributed by atoms with van der Waals surface area (Å²) in [5, 5.41) is 8.26. The maximum Gasteiger partial charge on any atom is 0.275 e. The number of carbonyl (C=O) groups is 1. The van der Waals surface area contributed by atoms with Crippen molar-refractivity contribution in [3.05, 3.63) is 47.0 Å². The van der Waals surface area contributed by atoms with E-state index in [2.05, 4.69) is 15.6 Å². The van der Waals surface area contributed by atoms with Gasteiger partial charge in [-0.2, -0.15) is 0 Å². The molecule has 0 spiro atoms. The fourth-order valence-corrected chi connectivity index (χ4v) is 3.52. The lowest BCUT2D eigenvalue weighted by Crippen LogP contribution is -2.12. The van der Waals surface area contributed by atoms with Crippen molar-refractivity contribution in [3.8, 4) is 23.0 Å². The summed E-state index contributed by atoms with van der Waals surface area (Å²) < 4.78 is 21.3. The molecule has 30 heavy (non-hydrogen) atoms. The van der Waals surface area contributed by atoms with E-state index < -0.39 is 0 Å². The van der Waals surface area contributed by atoms with E-state index >= 15 is 0 Å². The Balaban J connectivity index is 1.78. The first-order valence-electron chi connectivity index (χ1n) is 8.97. The molecule has 0 fully saturated rings. The van der Waals surface area contributed by atoms with Crippen LogP contribution in [-0.2, 0) is 0 Å². The Hall–Kier alpha value is -3.46. The van der Waals surface area contributed by atoms with Gasteiger partial charge in [0.2, 0.25) is 5.75 Å². The molecular weight excluding hydrogens is 406 g/mol. The number of hydrogen-bond donors (Lipinski definition) is 2. The number of hydrogen-bond acceptors (Lipinski definition) is 8. The number of nitrogens with zero attached hydrogens (tertiary/aromatic N) is 1. The highest BCUT2D eigenvalue weighted by Crippen LogP contribution is 2.40. The number of aromatic nitrogens is 1. The highest BCUT2D eigenvalue weighted by molar-refractivity contribution is 7.14. The molecule has 1 amide bonds. The summed E-state index contributed by atoms with van der Waals surface area (Å²) in [5.41, 5.74) is 2.64. The van der Waals surface area contributed by atoms with E-state index in [-0.39, 0.29) is 11.6 Å². The largest absolute Gasteiger partial charge is 0.495 e. The first-order valence-corrected chi connectivity index (χ1v) is 9.85. The van der Waals surface area contributed by atoms with Crippen LogP contribution >= 0.6 is 11.3 Å². The average molecular weight is 429 g/mol. The van der Waals surface area contributed by atoms with Crippen LogP contribution in [0, 0.1) is 6.92 Å². The molecule has 1 aromatic heterocycles. The van der Waals surface area contributed by atoms with Crippen molar-refractivity contribution in [1.82, 2.24) is 4.98 Å². The van der Waals surface area contributed by atoms with Gasteiger partial charge in [0.25, 0.3) is 5.91 Å². The minimum Gasteiger partial charge on any atom is -0.495 e. The fourth-order valence-electron chi connectivity index (χ4n) is 2.82. The molecule has 0 atom stereocenters. The van der Waals surface area contributed by atoms with Gasteiger partial charge in [-0.3, -0.25) is 4.79 Å². The van der Waals surface area contributed by atoms with Crippen LogP contribution in [0.3, 0.4) is 0 Å². The fraction of sp³-hybridized carbons (Fsp3) is 0.238. The zero-order valence-electron chi connectivity index (χ0n) is 17.4. The molecule has 0 aliphatic carbocycles. The normalized spacial score (nSPS) is 10.3. The minimum atomic E-state index is -0.357. The summed E-state index contributed by atoms with van der Waals surface area (Å²) in [6.45, 7) is 1.99. The van der Waals surface area contributed by atoms with Crippen molar-refractivity contribution < 1.29 is 23.7 Å². The molecule has 3 aromatic rings. The Morgan fingerprint density at radius 2 is 1.60 bits per heavy atom. The third kappa shape index (κ3) is 4.57. The molecule has 9 heteroatoms. The number of aryl methyl sites for hydroxylation is 1. The Morgan fingerprint density at radius 1 is 0.933 bits per heavy atom. The Labute approximate surface area is 178 Å². The second-order valence-corrected chi connectivity index (χ2v) is 7.09. The molecule has 3 rings (SSSR count). The molecule has 8 nitrogen and oxygen atoms in total. The van der Waals surface area contributed by atoms with Crippen LogP contribution < -0.4 is 29.6 Å². The van der Waals surface area contributed by atoms with Gasteiger partial charge in [-0.25, -0.2) is 4.98 Å². The monoisotopic (exact) mass is 429 g/mol. The summed E-state index contributed by atoms with van der Waals surface area (Å²) >= 11 is 1.32. The predicted molar refractivity (Wildman–Crippen MR) is 117 cm³/mol. The first-order chi connectivity index (χ1) is 14.5. The number of anilines is 3. The maximum absolute atomic E-state index is 12.7. The lowest BCUT2D eigenvalue weighted by atomic mass is 10.2. The van der Waals surface area contributed by atoms with Crippen molar-refractivity contribution in [2.45, 2.75) is 6.92 Å². The van der Waals surface area contributed by atoms with Gasteiger partial charge in [0.15, 0.2) is 16.6 Å². The number of nitrogens with one attached hydrogen (secondary N) is 2. The van der Waals surface area contributed by atoms with Crippen molar-refractivity contribution >= 4 is 33.8 Å². The second kappa shape index (κ2) is 9.36. The molecule has 0 saturated carbocycles. The average Bonchev–Trinajstić information content (AvgIpc) is 3.21.